The Bertz CT molecular complexity index is 1020. The zero-order valence-corrected chi connectivity index (χ0v) is 15.5. The molecule has 134 valence electrons. The molecule has 0 spiro atoms. The second kappa shape index (κ2) is 8.62. The zero-order chi connectivity index (χ0) is 19.2. The van der Waals surface area contributed by atoms with Crippen molar-refractivity contribution in [1.82, 2.24) is 0 Å². The Morgan fingerprint density at radius 2 is 1.41 bits per heavy atom. The van der Waals surface area contributed by atoms with E-state index in [4.69, 9.17) is 23.2 Å². The molecule has 1 N–H and O–H groups in total. The van der Waals surface area contributed by atoms with E-state index in [2.05, 4.69) is 10.2 Å². The standard InChI is InChI=1S/C21H14Cl2N2O2/c22-16-11-12-18(17(23)13-16)24-25-19(20(26)14-7-3-1-4-8-14)21(27)15-9-5-2-6-10-15/h1-13,26H/b20-19-,25-24?. The van der Waals surface area contributed by atoms with Crippen molar-refractivity contribution in [2.45, 2.75) is 0 Å². The van der Waals surface area contributed by atoms with Gasteiger partial charge >= 0.3 is 0 Å². The molecule has 0 saturated heterocycles. The first-order valence-electron chi connectivity index (χ1n) is 8.01. The Balaban J connectivity index is 2.07. The van der Waals surface area contributed by atoms with Crippen LogP contribution in [0.4, 0.5) is 5.69 Å². The summed E-state index contributed by atoms with van der Waals surface area (Å²) in [5.41, 5.74) is 0.993. The monoisotopic (exact) mass is 396 g/mol. The van der Waals surface area contributed by atoms with Crippen molar-refractivity contribution in [3.63, 3.8) is 0 Å². The van der Waals surface area contributed by atoms with Gasteiger partial charge in [-0.05, 0) is 18.2 Å². The molecule has 3 aromatic rings. The van der Waals surface area contributed by atoms with Crippen LogP contribution in [0.3, 0.4) is 0 Å². The lowest BCUT2D eigenvalue weighted by atomic mass is 10.1. The molecule has 0 aliphatic carbocycles. The minimum Gasteiger partial charge on any atom is -0.505 e. The van der Waals surface area contributed by atoms with Gasteiger partial charge in [-0.15, -0.1) is 10.2 Å². The quantitative estimate of drug-likeness (QED) is 0.221. The molecule has 0 aliphatic rings. The molecule has 6 heteroatoms. The van der Waals surface area contributed by atoms with Crippen LogP contribution < -0.4 is 0 Å². The Hall–Kier alpha value is -2.95. The maximum atomic E-state index is 12.9. The summed E-state index contributed by atoms with van der Waals surface area (Å²) >= 11 is 12.0. The number of benzene rings is 3. The highest BCUT2D eigenvalue weighted by molar-refractivity contribution is 6.36. The largest absolute Gasteiger partial charge is 0.505 e. The second-order valence-corrected chi connectivity index (χ2v) is 6.40. The van der Waals surface area contributed by atoms with E-state index in [9.17, 15) is 9.90 Å². The molecule has 0 radical (unpaired) electrons. The third-order valence-electron chi connectivity index (χ3n) is 3.69. The highest BCUT2D eigenvalue weighted by atomic mass is 35.5. The van der Waals surface area contributed by atoms with Crippen molar-refractivity contribution < 1.29 is 9.90 Å². The molecule has 3 aromatic carbocycles. The fourth-order valence-electron chi connectivity index (χ4n) is 2.33. The van der Waals surface area contributed by atoms with Crippen LogP contribution in [0.5, 0.6) is 0 Å². The van der Waals surface area contributed by atoms with Crippen molar-refractivity contribution in [3.8, 4) is 0 Å². The van der Waals surface area contributed by atoms with Crippen LogP contribution in [0, 0.1) is 0 Å². The third kappa shape index (κ3) is 4.61. The summed E-state index contributed by atoms with van der Waals surface area (Å²) in [7, 11) is 0. The molecule has 0 unspecified atom stereocenters. The number of carbonyl (C=O) groups excluding carboxylic acids is 1. The summed E-state index contributed by atoms with van der Waals surface area (Å²) in [6.07, 6.45) is 0. The third-order valence-corrected chi connectivity index (χ3v) is 4.23. The van der Waals surface area contributed by atoms with E-state index in [-0.39, 0.29) is 16.5 Å². The number of hydrogen-bond donors (Lipinski definition) is 1. The number of ketones is 1. The van der Waals surface area contributed by atoms with Crippen LogP contribution in [0.2, 0.25) is 10.0 Å². The van der Waals surface area contributed by atoms with E-state index in [0.29, 0.717) is 21.8 Å². The average molecular weight is 397 g/mol. The van der Waals surface area contributed by atoms with Crippen molar-refractivity contribution >= 4 is 40.4 Å². The number of aliphatic hydroxyl groups is 1. The second-order valence-electron chi connectivity index (χ2n) is 5.55. The maximum Gasteiger partial charge on any atom is 0.217 e. The van der Waals surface area contributed by atoms with Crippen molar-refractivity contribution in [3.05, 3.63) is 106 Å². The molecular formula is C21H14Cl2N2O2. The Morgan fingerprint density at radius 3 is 2.00 bits per heavy atom. The fraction of sp³-hybridized carbons (Fsp3) is 0. The Labute approximate surface area is 166 Å². The highest BCUT2D eigenvalue weighted by Gasteiger charge is 2.18. The maximum absolute atomic E-state index is 12.9. The molecule has 4 nitrogen and oxygen atoms in total. The predicted molar refractivity (Wildman–Crippen MR) is 108 cm³/mol. The van der Waals surface area contributed by atoms with Crippen LogP contribution >= 0.6 is 23.2 Å². The number of rotatable bonds is 5. The molecule has 27 heavy (non-hydrogen) atoms. The lowest BCUT2D eigenvalue weighted by molar-refractivity contribution is 0.103. The van der Waals surface area contributed by atoms with Crippen LogP contribution in [0.1, 0.15) is 15.9 Å². The van der Waals surface area contributed by atoms with E-state index in [1.54, 1.807) is 66.7 Å². The van der Waals surface area contributed by atoms with Crippen LogP contribution in [-0.2, 0) is 0 Å². The van der Waals surface area contributed by atoms with Gasteiger partial charge in [-0.3, -0.25) is 4.79 Å². The van der Waals surface area contributed by atoms with Gasteiger partial charge in [0.1, 0.15) is 5.69 Å². The van der Waals surface area contributed by atoms with Crippen molar-refractivity contribution in [2.24, 2.45) is 10.2 Å². The minimum atomic E-state index is -0.453. The minimum absolute atomic E-state index is 0.182. The summed E-state index contributed by atoms with van der Waals surface area (Å²) in [5.74, 6) is -0.718. The molecule has 0 fully saturated rings. The van der Waals surface area contributed by atoms with Crippen molar-refractivity contribution in [1.29, 1.82) is 0 Å². The smallest absolute Gasteiger partial charge is 0.217 e. The number of hydrogen-bond acceptors (Lipinski definition) is 4. The van der Waals surface area contributed by atoms with Gasteiger partial charge in [0.25, 0.3) is 0 Å². The molecule has 0 atom stereocenters. The molecule has 0 saturated carbocycles. The first-order chi connectivity index (χ1) is 13.1. The first kappa shape index (κ1) is 18.8. The molecular weight excluding hydrogens is 383 g/mol. The lowest BCUT2D eigenvalue weighted by Gasteiger charge is -2.06. The lowest BCUT2D eigenvalue weighted by Crippen LogP contribution is -2.04. The molecule has 3 rings (SSSR count). The van der Waals surface area contributed by atoms with Crippen LogP contribution in [0.25, 0.3) is 5.76 Å². The van der Waals surface area contributed by atoms with E-state index >= 15 is 0 Å². The van der Waals surface area contributed by atoms with Gasteiger partial charge < -0.3 is 5.11 Å². The number of allylic oxidation sites excluding steroid dienone is 1. The summed E-state index contributed by atoms with van der Waals surface area (Å²) in [6, 6.07) is 21.9. The van der Waals surface area contributed by atoms with Gasteiger partial charge in [0.2, 0.25) is 5.78 Å². The van der Waals surface area contributed by atoms with E-state index in [1.807, 2.05) is 6.07 Å². The Morgan fingerprint density at radius 1 is 0.815 bits per heavy atom. The van der Waals surface area contributed by atoms with E-state index < -0.39 is 5.78 Å². The van der Waals surface area contributed by atoms with Gasteiger partial charge in [-0.25, -0.2) is 0 Å². The number of azo groups is 1. The van der Waals surface area contributed by atoms with Crippen molar-refractivity contribution in [2.75, 3.05) is 0 Å². The molecule has 0 bridgehead atoms. The summed E-state index contributed by atoms with van der Waals surface area (Å²) in [6.45, 7) is 0. The number of nitrogens with zero attached hydrogens (tertiary/aromatic N) is 2. The number of carbonyl (C=O) groups is 1. The summed E-state index contributed by atoms with van der Waals surface area (Å²) in [5, 5.41) is 19.5. The average Bonchev–Trinajstić information content (AvgIpc) is 2.70. The number of halogens is 2. The van der Waals surface area contributed by atoms with Gasteiger partial charge in [0.15, 0.2) is 11.5 Å². The first-order valence-corrected chi connectivity index (χ1v) is 8.77. The normalized spacial score (nSPS) is 12.1. The number of Topliss-reactive ketones (excluding diaryl/α,β-unsaturated/α-hetero) is 1. The molecule has 0 heterocycles. The topological polar surface area (TPSA) is 62.0 Å². The van der Waals surface area contributed by atoms with E-state index in [0.717, 1.165) is 0 Å². The van der Waals surface area contributed by atoms with Gasteiger partial charge in [0.05, 0.1) is 5.02 Å². The van der Waals surface area contributed by atoms with Gasteiger partial charge in [0, 0.05) is 16.1 Å². The molecule has 0 aromatic heterocycles. The Kier molecular flexibility index (Phi) is 6.01. The van der Waals surface area contributed by atoms with Crippen LogP contribution in [-0.4, -0.2) is 10.9 Å². The molecule has 0 aliphatic heterocycles. The number of aliphatic hydroxyl groups excluding tert-OH is 1. The highest BCUT2D eigenvalue weighted by Crippen LogP contribution is 2.30. The SMILES string of the molecule is O=C(/C(N=Nc1ccc(Cl)cc1Cl)=C(/O)c1ccccc1)c1ccccc1. The molecule has 0 amide bonds. The van der Waals surface area contributed by atoms with Gasteiger partial charge in [-0.1, -0.05) is 83.9 Å². The fourth-order valence-corrected chi connectivity index (χ4v) is 2.77. The summed E-state index contributed by atoms with van der Waals surface area (Å²) < 4.78 is 0. The van der Waals surface area contributed by atoms with Crippen LogP contribution in [0.15, 0.2) is 94.8 Å². The predicted octanol–water partition coefficient (Wildman–Crippen LogP) is 6.89. The van der Waals surface area contributed by atoms with E-state index in [1.165, 1.54) is 6.07 Å². The van der Waals surface area contributed by atoms with Gasteiger partial charge in [-0.2, -0.15) is 0 Å². The zero-order valence-electron chi connectivity index (χ0n) is 14.0. The summed E-state index contributed by atoms with van der Waals surface area (Å²) in [4.78, 5) is 12.9.